The molecule has 0 aliphatic rings. The topological polar surface area (TPSA) is 113 Å². The molecule has 1 amide bonds. The van der Waals surface area contributed by atoms with E-state index in [-0.39, 0.29) is 11.6 Å². The quantitative estimate of drug-likeness (QED) is 0.649. The van der Waals surface area contributed by atoms with Gasteiger partial charge in [0.05, 0.1) is 0 Å². The zero-order valence-corrected chi connectivity index (χ0v) is 8.39. The second-order valence-corrected chi connectivity index (χ2v) is 3.25. The number of carbonyl (C=O) groups excluding carboxylic acids is 1. The zero-order chi connectivity index (χ0) is 10.3. The number of hydrogen-bond acceptors (Lipinski definition) is 5. The van der Waals surface area contributed by atoms with E-state index in [1.807, 2.05) is 0 Å². The van der Waals surface area contributed by atoms with E-state index in [0.29, 0.717) is 10.1 Å². The average Bonchev–Trinajstić information content (AvgIpc) is 2.47. The van der Waals surface area contributed by atoms with Crippen LogP contribution in [0.1, 0.15) is 0 Å². The minimum Gasteiger partial charge on any atom is -0.368 e. The third kappa shape index (κ3) is 1.20. The van der Waals surface area contributed by atoms with Crippen LogP contribution in [-0.4, -0.2) is 25.6 Å². The predicted molar refractivity (Wildman–Crippen MR) is 52.4 cm³/mol. The number of rotatable bonds is 0. The molecule has 0 aliphatic heterocycles. The maximum Gasteiger partial charge on any atom is 0.325 e. The van der Waals surface area contributed by atoms with Gasteiger partial charge in [0.2, 0.25) is 5.95 Å². The number of fused-ring (bicyclic) bond motifs is 1. The highest BCUT2D eigenvalue weighted by atomic mass is 79.9. The molecule has 0 radical (unpaired) electrons. The van der Waals surface area contributed by atoms with Gasteiger partial charge in [-0.15, -0.1) is 0 Å². The fraction of sp³-hybridized carbons (Fsp3) is 0. The molecular weight excluding hydrogens is 252 g/mol. The van der Waals surface area contributed by atoms with Crippen molar-refractivity contribution in [3.05, 3.63) is 10.9 Å². The Morgan fingerprint density at radius 3 is 2.86 bits per heavy atom. The number of nitrogens with zero attached hydrogens (tertiary/aromatic N) is 4. The first-order valence-electron chi connectivity index (χ1n) is 3.55. The third-order valence-electron chi connectivity index (χ3n) is 1.61. The molecule has 0 unspecified atom stereocenters. The third-order valence-corrected chi connectivity index (χ3v) is 2.16. The van der Waals surface area contributed by atoms with Crippen molar-refractivity contribution < 1.29 is 4.79 Å². The first kappa shape index (κ1) is 8.88. The Kier molecular flexibility index (Phi) is 1.84. The van der Waals surface area contributed by atoms with Crippen LogP contribution >= 0.6 is 15.9 Å². The van der Waals surface area contributed by atoms with Gasteiger partial charge in [-0.2, -0.15) is 4.98 Å². The molecule has 14 heavy (non-hydrogen) atoms. The van der Waals surface area contributed by atoms with E-state index >= 15 is 0 Å². The molecule has 0 aromatic carbocycles. The van der Waals surface area contributed by atoms with Crippen molar-refractivity contribution in [3.8, 4) is 0 Å². The Morgan fingerprint density at radius 1 is 1.50 bits per heavy atom. The maximum absolute atomic E-state index is 10.9. The Bertz CT molecular complexity index is 520. The molecule has 0 aliphatic carbocycles. The minimum absolute atomic E-state index is 0.0485. The lowest BCUT2D eigenvalue weighted by atomic mass is 10.5. The highest BCUT2D eigenvalue weighted by Crippen LogP contribution is 2.19. The van der Waals surface area contributed by atoms with Gasteiger partial charge in [-0.3, -0.25) is 0 Å². The van der Waals surface area contributed by atoms with Crippen LogP contribution in [0.15, 0.2) is 10.9 Å². The number of nitrogen functional groups attached to an aromatic ring is 1. The molecule has 72 valence electrons. The fourth-order valence-corrected chi connectivity index (χ4v) is 1.50. The van der Waals surface area contributed by atoms with Crippen LogP contribution in [0.3, 0.4) is 0 Å². The molecule has 2 rings (SSSR count). The number of imidazole rings is 1. The molecule has 2 heterocycles. The summed E-state index contributed by atoms with van der Waals surface area (Å²) < 4.78 is 1.53. The molecule has 8 heteroatoms. The number of anilines is 1. The van der Waals surface area contributed by atoms with Gasteiger partial charge >= 0.3 is 6.03 Å². The van der Waals surface area contributed by atoms with Crippen molar-refractivity contribution >= 4 is 39.1 Å². The average molecular weight is 257 g/mol. The molecule has 0 saturated carbocycles. The fourth-order valence-electron chi connectivity index (χ4n) is 1.04. The Morgan fingerprint density at radius 2 is 2.21 bits per heavy atom. The van der Waals surface area contributed by atoms with Gasteiger partial charge in [-0.25, -0.2) is 19.3 Å². The van der Waals surface area contributed by atoms with Crippen LogP contribution in [0.2, 0.25) is 0 Å². The van der Waals surface area contributed by atoms with Crippen molar-refractivity contribution in [3.63, 3.8) is 0 Å². The molecule has 2 aromatic heterocycles. The minimum atomic E-state index is -0.669. The van der Waals surface area contributed by atoms with E-state index in [4.69, 9.17) is 11.5 Å². The Labute approximate surface area is 86.3 Å². The molecule has 0 fully saturated rings. The summed E-state index contributed by atoms with van der Waals surface area (Å²) in [5.41, 5.74) is 11.2. The van der Waals surface area contributed by atoms with E-state index in [9.17, 15) is 4.79 Å². The second kappa shape index (κ2) is 2.91. The molecule has 0 saturated heterocycles. The second-order valence-electron chi connectivity index (χ2n) is 2.50. The van der Waals surface area contributed by atoms with E-state index in [1.54, 1.807) is 0 Å². The summed E-state index contributed by atoms with van der Waals surface area (Å²) in [5, 5.41) is 0. The lowest BCUT2D eigenvalue weighted by Gasteiger charge is -1.97. The van der Waals surface area contributed by atoms with Crippen LogP contribution in [0, 0.1) is 0 Å². The van der Waals surface area contributed by atoms with E-state index in [1.165, 1.54) is 6.33 Å². The smallest absolute Gasteiger partial charge is 0.325 e. The molecular formula is C6H5BrN6O. The number of primary amides is 1. The summed E-state index contributed by atoms with van der Waals surface area (Å²) in [7, 11) is 0. The first-order chi connectivity index (χ1) is 6.59. The standard InChI is InChI=1S/C6H5BrN6O/c7-3-2-4(12-5(8)11-3)13(1-10-2)6(9)14/h1H,(H2,9,14)(H2,8,11,12). The van der Waals surface area contributed by atoms with Crippen molar-refractivity contribution in [1.29, 1.82) is 0 Å². The van der Waals surface area contributed by atoms with Crippen LogP contribution < -0.4 is 11.5 Å². The van der Waals surface area contributed by atoms with Crippen LogP contribution in [0.5, 0.6) is 0 Å². The van der Waals surface area contributed by atoms with Crippen molar-refractivity contribution in [2.75, 3.05) is 5.73 Å². The number of carbonyl (C=O) groups is 1. The van der Waals surface area contributed by atoms with Crippen molar-refractivity contribution in [1.82, 2.24) is 19.5 Å². The highest BCUT2D eigenvalue weighted by Gasteiger charge is 2.12. The summed E-state index contributed by atoms with van der Waals surface area (Å²) in [5.74, 6) is 0.0485. The van der Waals surface area contributed by atoms with Gasteiger partial charge in [-0.05, 0) is 15.9 Å². The number of nitrogens with two attached hydrogens (primary N) is 2. The molecule has 0 spiro atoms. The summed E-state index contributed by atoms with van der Waals surface area (Å²) in [6.45, 7) is 0. The highest BCUT2D eigenvalue weighted by molar-refractivity contribution is 9.10. The largest absolute Gasteiger partial charge is 0.368 e. The monoisotopic (exact) mass is 256 g/mol. The normalized spacial score (nSPS) is 10.6. The van der Waals surface area contributed by atoms with E-state index in [0.717, 1.165) is 4.57 Å². The molecule has 0 bridgehead atoms. The lowest BCUT2D eigenvalue weighted by molar-refractivity contribution is 0.251. The van der Waals surface area contributed by atoms with Crippen LogP contribution in [0.25, 0.3) is 11.2 Å². The maximum atomic E-state index is 10.9. The van der Waals surface area contributed by atoms with Crippen molar-refractivity contribution in [2.45, 2.75) is 0 Å². The van der Waals surface area contributed by atoms with E-state index < -0.39 is 6.03 Å². The number of halogens is 1. The molecule has 7 nitrogen and oxygen atoms in total. The van der Waals surface area contributed by atoms with Gasteiger partial charge in [-0.1, -0.05) is 0 Å². The summed E-state index contributed by atoms with van der Waals surface area (Å²) >= 11 is 3.15. The van der Waals surface area contributed by atoms with Gasteiger partial charge in [0.25, 0.3) is 0 Å². The van der Waals surface area contributed by atoms with Crippen LogP contribution in [-0.2, 0) is 0 Å². The summed E-state index contributed by atoms with van der Waals surface area (Å²) in [4.78, 5) is 22.5. The SMILES string of the molecule is NC(=O)n1cnc2c(Br)nc(N)nc21. The van der Waals surface area contributed by atoms with E-state index in [2.05, 4.69) is 30.9 Å². The number of aromatic nitrogens is 4. The Balaban J connectivity index is 2.85. The lowest BCUT2D eigenvalue weighted by Crippen LogP contribution is -2.19. The van der Waals surface area contributed by atoms with Gasteiger partial charge in [0.1, 0.15) is 16.4 Å². The molecule has 2 aromatic rings. The molecule has 4 N–H and O–H groups in total. The van der Waals surface area contributed by atoms with Gasteiger partial charge in [0.15, 0.2) is 5.65 Å². The van der Waals surface area contributed by atoms with Crippen molar-refractivity contribution in [2.24, 2.45) is 5.73 Å². The van der Waals surface area contributed by atoms with Crippen LogP contribution in [0.4, 0.5) is 10.7 Å². The first-order valence-corrected chi connectivity index (χ1v) is 4.35. The Hall–Kier alpha value is -1.70. The number of hydrogen-bond donors (Lipinski definition) is 2. The zero-order valence-electron chi connectivity index (χ0n) is 6.81. The number of amides is 1. The molecule has 0 atom stereocenters. The predicted octanol–water partition coefficient (Wildman–Crippen LogP) is 0.0978. The summed E-state index contributed by atoms with van der Waals surface area (Å²) in [6, 6.07) is -0.669. The summed E-state index contributed by atoms with van der Waals surface area (Å²) in [6.07, 6.45) is 1.27. The van der Waals surface area contributed by atoms with Gasteiger partial charge < -0.3 is 11.5 Å². The van der Waals surface area contributed by atoms with Gasteiger partial charge in [0, 0.05) is 0 Å².